The van der Waals surface area contributed by atoms with Crippen molar-refractivity contribution in [3.63, 3.8) is 0 Å². The maximum Gasteiger partial charge on any atom is 0.144 e. The number of pyridine rings is 1. The Morgan fingerprint density at radius 2 is 1.24 bits per heavy atom. The summed E-state index contributed by atoms with van der Waals surface area (Å²) in [6.07, 6.45) is 1.92. The molecule has 3 aliphatic carbocycles. The van der Waals surface area contributed by atoms with E-state index in [2.05, 4.69) is 112 Å². The quantitative estimate of drug-likeness (QED) is 0.236. The van der Waals surface area contributed by atoms with Crippen LogP contribution < -0.4 is 0 Å². The van der Waals surface area contributed by atoms with Crippen molar-refractivity contribution in [2.24, 2.45) is 0 Å². The van der Waals surface area contributed by atoms with E-state index in [1.54, 1.807) is 0 Å². The predicted octanol–water partition coefficient (Wildman–Crippen LogP) is 8.93. The van der Waals surface area contributed by atoms with Crippen LogP contribution >= 0.6 is 0 Å². The van der Waals surface area contributed by atoms with Crippen LogP contribution in [0.1, 0.15) is 71.6 Å². The van der Waals surface area contributed by atoms with E-state index >= 15 is 0 Å². The van der Waals surface area contributed by atoms with Crippen molar-refractivity contribution in [2.45, 2.75) is 38.0 Å². The molecule has 3 aliphatic rings. The standard InChI is InChI=1S/C35H27NO/c1-35(2,3)20-15-16-36-30(17-20)26-14-8-13-25-27-18-28-29(19-31(27)37-34(25)26)33-23-11-6-4-9-21(23)32(28)22-10-5-7-12-24(22)33/h4-19,32-33H,1-3H3. The highest BCUT2D eigenvalue weighted by Gasteiger charge is 2.41. The molecule has 2 nitrogen and oxygen atoms in total. The molecule has 2 heterocycles. The van der Waals surface area contributed by atoms with Gasteiger partial charge in [0.1, 0.15) is 11.2 Å². The third-order valence-corrected chi connectivity index (χ3v) is 8.46. The summed E-state index contributed by atoms with van der Waals surface area (Å²) in [5, 5.41) is 2.34. The molecular formula is C35H27NO. The fourth-order valence-electron chi connectivity index (χ4n) is 6.70. The Morgan fingerprint density at radius 3 is 1.86 bits per heavy atom. The predicted molar refractivity (Wildman–Crippen MR) is 150 cm³/mol. The van der Waals surface area contributed by atoms with Crippen molar-refractivity contribution < 1.29 is 4.42 Å². The number of para-hydroxylation sites is 1. The molecule has 0 aliphatic heterocycles. The lowest BCUT2D eigenvalue weighted by Crippen LogP contribution is -2.27. The molecule has 0 radical (unpaired) electrons. The van der Waals surface area contributed by atoms with Gasteiger partial charge in [-0.2, -0.15) is 0 Å². The van der Waals surface area contributed by atoms with Gasteiger partial charge < -0.3 is 4.42 Å². The van der Waals surface area contributed by atoms with Crippen LogP contribution in [0.4, 0.5) is 0 Å². The second-order valence-electron chi connectivity index (χ2n) is 11.6. The molecule has 2 heteroatoms. The third kappa shape index (κ3) is 2.84. The lowest BCUT2D eigenvalue weighted by atomic mass is 9.61. The molecule has 2 aromatic heterocycles. The molecule has 4 aromatic carbocycles. The molecule has 0 fully saturated rings. The van der Waals surface area contributed by atoms with Crippen LogP contribution in [-0.4, -0.2) is 4.98 Å². The molecule has 0 amide bonds. The average Bonchev–Trinajstić information content (AvgIpc) is 3.29. The largest absolute Gasteiger partial charge is 0.455 e. The minimum Gasteiger partial charge on any atom is -0.455 e. The molecule has 0 spiro atoms. The Labute approximate surface area is 216 Å². The van der Waals surface area contributed by atoms with E-state index in [4.69, 9.17) is 9.40 Å². The number of benzene rings is 4. The average molecular weight is 478 g/mol. The topological polar surface area (TPSA) is 26.0 Å². The molecule has 0 saturated heterocycles. The molecule has 0 atom stereocenters. The van der Waals surface area contributed by atoms with E-state index < -0.39 is 0 Å². The Bertz CT molecular complexity index is 1840. The van der Waals surface area contributed by atoms with Crippen LogP contribution in [0.2, 0.25) is 0 Å². The van der Waals surface area contributed by atoms with E-state index in [0.29, 0.717) is 0 Å². The first-order valence-corrected chi connectivity index (χ1v) is 13.1. The maximum atomic E-state index is 6.67. The zero-order chi connectivity index (χ0) is 24.9. The van der Waals surface area contributed by atoms with E-state index in [1.165, 1.54) is 44.3 Å². The summed E-state index contributed by atoms with van der Waals surface area (Å²) < 4.78 is 6.67. The molecule has 0 unspecified atom stereocenters. The highest BCUT2D eigenvalue weighted by atomic mass is 16.3. The van der Waals surface area contributed by atoms with E-state index in [0.717, 1.165) is 27.8 Å². The monoisotopic (exact) mass is 477 g/mol. The van der Waals surface area contributed by atoms with Crippen molar-refractivity contribution in [3.05, 3.63) is 136 Å². The molecule has 6 aromatic rings. The van der Waals surface area contributed by atoms with Gasteiger partial charge in [0.05, 0.1) is 5.69 Å². The highest BCUT2D eigenvalue weighted by molar-refractivity contribution is 6.10. The number of furan rings is 1. The maximum absolute atomic E-state index is 6.67. The van der Waals surface area contributed by atoms with E-state index in [1.807, 2.05) is 6.20 Å². The lowest BCUT2D eigenvalue weighted by Gasteiger charge is -2.42. The summed E-state index contributed by atoms with van der Waals surface area (Å²) in [6.45, 7) is 6.72. The van der Waals surface area contributed by atoms with Crippen LogP contribution in [0.3, 0.4) is 0 Å². The van der Waals surface area contributed by atoms with Crippen LogP contribution in [0.15, 0.2) is 102 Å². The van der Waals surface area contributed by atoms with Crippen LogP contribution in [0.25, 0.3) is 33.2 Å². The normalized spacial score (nSPS) is 17.6. The number of aromatic nitrogens is 1. The Morgan fingerprint density at radius 1 is 0.622 bits per heavy atom. The van der Waals surface area contributed by atoms with Gasteiger partial charge in [0.2, 0.25) is 0 Å². The highest BCUT2D eigenvalue weighted by Crippen LogP contribution is 2.56. The van der Waals surface area contributed by atoms with Gasteiger partial charge in [-0.25, -0.2) is 0 Å². The Kier molecular flexibility index (Phi) is 4.08. The number of rotatable bonds is 1. The summed E-state index contributed by atoms with van der Waals surface area (Å²) >= 11 is 0. The number of hydrogen-bond donors (Lipinski definition) is 0. The van der Waals surface area contributed by atoms with Gasteiger partial charge in [0, 0.05) is 34.4 Å². The zero-order valence-corrected chi connectivity index (χ0v) is 21.2. The fourth-order valence-corrected chi connectivity index (χ4v) is 6.70. The number of hydrogen-bond acceptors (Lipinski definition) is 2. The first-order valence-electron chi connectivity index (χ1n) is 13.1. The van der Waals surface area contributed by atoms with Crippen molar-refractivity contribution in [3.8, 4) is 11.3 Å². The molecule has 0 saturated carbocycles. The number of nitrogens with zero attached hydrogens (tertiary/aromatic N) is 1. The molecular weight excluding hydrogens is 450 g/mol. The summed E-state index contributed by atoms with van der Waals surface area (Å²) in [4.78, 5) is 4.75. The van der Waals surface area contributed by atoms with Crippen molar-refractivity contribution in [1.82, 2.24) is 4.98 Å². The van der Waals surface area contributed by atoms with Gasteiger partial charge in [-0.1, -0.05) is 81.4 Å². The fraction of sp³-hybridized carbons (Fsp3) is 0.171. The first kappa shape index (κ1) is 21.0. The number of fused-ring (bicyclic) bond motifs is 3. The summed E-state index contributed by atoms with van der Waals surface area (Å²) in [6, 6.07) is 33.4. The van der Waals surface area contributed by atoms with Gasteiger partial charge in [0.25, 0.3) is 0 Å². The Balaban J connectivity index is 1.38. The second-order valence-corrected chi connectivity index (χ2v) is 11.6. The van der Waals surface area contributed by atoms with Gasteiger partial charge in [-0.3, -0.25) is 4.98 Å². The van der Waals surface area contributed by atoms with Gasteiger partial charge in [-0.15, -0.1) is 0 Å². The summed E-state index contributed by atoms with van der Waals surface area (Å²) in [5.41, 5.74) is 13.7. The zero-order valence-electron chi connectivity index (χ0n) is 21.2. The molecule has 9 rings (SSSR count). The third-order valence-electron chi connectivity index (χ3n) is 8.46. The molecule has 37 heavy (non-hydrogen) atoms. The van der Waals surface area contributed by atoms with E-state index in [9.17, 15) is 0 Å². The second kappa shape index (κ2) is 7.20. The van der Waals surface area contributed by atoms with Crippen molar-refractivity contribution in [2.75, 3.05) is 0 Å². The molecule has 178 valence electrons. The van der Waals surface area contributed by atoms with Gasteiger partial charge in [0.15, 0.2) is 0 Å². The van der Waals surface area contributed by atoms with Crippen LogP contribution in [0.5, 0.6) is 0 Å². The summed E-state index contributed by atoms with van der Waals surface area (Å²) in [7, 11) is 0. The minimum absolute atomic E-state index is 0.0573. The molecule has 2 bridgehead atoms. The van der Waals surface area contributed by atoms with Gasteiger partial charge >= 0.3 is 0 Å². The van der Waals surface area contributed by atoms with Crippen molar-refractivity contribution >= 4 is 21.9 Å². The van der Waals surface area contributed by atoms with Crippen LogP contribution in [-0.2, 0) is 5.41 Å². The minimum atomic E-state index is 0.0573. The Hall–Kier alpha value is -4.17. The van der Waals surface area contributed by atoms with Crippen LogP contribution in [0, 0.1) is 0 Å². The summed E-state index contributed by atoms with van der Waals surface area (Å²) in [5.74, 6) is 0.504. The van der Waals surface area contributed by atoms with Gasteiger partial charge in [-0.05, 0) is 74.7 Å². The first-order chi connectivity index (χ1) is 18.0. The van der Waals surface area contributed by atoms with E-state index in [-0.39, 0.29) is 17.3 Å². The smallest absolute Gasteiger partial charge is 0.144 e. The lowest BCUT2D eigenvalue weighted by molar-refractivity contribution is 0.589. The van der Waals surface area contributed by atoms with Crippen molar-refractivity contribution in [1.29, 1.82) is 0 Å². The SMILES string of the molecule is CC(C)(C)c1ccnc(-c2cccc3c2oc2cc4c(cc23)C2c3ccccc3C4c3ccccc32)c1. The molecule has 0 N–H and O–H groups in total.